The van der Waals surface area contributed by atoms with Gasteiger partial charge in [-0.05, 0) is 30.2 Å². The standard InChI is InChI=1S/C18H16N2O2/c1-11-6-5-9-13-15-14(10-19-16(11)13)17(21)20(18(15)22)12-7-3-2-4-8-12/h2-9,14-15,19H,10H2,1H3/t14-,15+/m1/s1. The summed E-state index contributed by atoms with van der Waals surface area (Å²) in [5.74, 6) is -0.915. The van der Waals surface area contributed by atoms with Gasteiger partial charge in [-0.25, -0.2) is 4.90 Å². The molecule has 2 amide bonds. The van der Waals surface area contributed by atoms with Crippen molar-refractivity contribution < 1.29 is 9.59 Å². The molecule has 2 atom stereocenters. The van der Waals surface area contributed by atoms with E-state index in [0.717, 1.165) is 16.8 Å². The normalized spacial score (nSPS) is 23.0. The average Bonchev–Trinajstić information content (AvgIpc) is 2.80. The van der Waals surface area contributed by atoms with Crippen LogP contribution in [0, 0.1) is 12.8 Å². The lowest BCUT2D eigenvalue weighted by atomic mass is 9.83. The van der Waals surface area contributed by atoms with E-state index < -0.39 is 0 Å². The maximum absolute atomic E-state index is 12.9. The first kappa shape index (κ1) is 13.1. The van der Waals surface area contributed by atoms with Crippen molar-refractivity contribution in [3.63, 3.8) is 0 Å². The number of rotatable bonds is 1. The molecule has 0 unspecified atom stereocenters. The molecule has 110 valence electrons. The van der Waals surface area contributed by atoms with Crippen molar-refractivity contribution in [2.45, 2.75) is 12.8 Å². The minimum Gasteiger partial charge on any atom is -0.384 e. The molecule has 0 radical (unpaired) electrons. The van der Waals surface area contributed by atoms with E-state index in [1.54, 1.807) is 12.1 Å². The fourth-order valence-electron chi connectivity index (χ4n) is 3.52. The molecule has 2 aliphatic rings. The Kier molecular flexibility index (Phi) is 2.79. The Morgan fingerprint density at radius 1 is 1.00 bits per heavy atom. The summed E-state index contributed by atoms with van der Waals surface area (Å²) in [6.07, 6.45) is 0. The first-order valence-corrected chi connectivity index (χ1v) is 7.44. The number of imide groups is 1. The highest BCUT2D eigenvalue weighted by Crippen LogP contribution is 2.44. The minimum absolute atomic E-state index is 0.110. The van der Waals surface area contributed by atoms with Crippen molar-refractivity contribution in [3.8, 4) is 0 Å². The minimum atomic E-state index is -0.371. The molecular weight excluding hydrogens is 276 g/mol. The Bertz CT molecular complexity index is 770. The van der Waals surface area contributed by atoms with Crippen LogP contribution in [0.3, 0.4) is 0 Å². The number of nitrogens with one attached hydrogen (secondary N) is 1. The van der Waals surface area contributed by atoms with Gasteiger partial charge in [-0.2, -0.15) is 0 Å². The predicted molar refractivity (Wildman–Crippen MR) is 84.8 cm³/mol. The quantitative estimate of drug-likeness (QED) is 0.822. The van der Waals surface area contributed by atoms with Crippen LogP contribution in [-0.2, 0) is 9.59 Å². The van der Waals surface area contributed by atoms with Gasteiger partial charge >= 0.3 is 0 Å². The summed E-state index contributed by atoms with van der Waals surface area (Å²) in [5, 5.41) is 3.33. The van der Waals surface area contributed by atoms with Gasteiger partial charge in [-0.15, -0.1) is 0 Å². The molecule has 2 aromatic rings. The summed E-state index contributed by atoms with van der Waals surface area (Å²) >= 11 is 0. The maximum Gasteiger partial charge on any atom is 0.242 e. The van der Waals surface area contributed by atoms with Crippen molar-refractivity contribution in [2.75, 3.05) is 16.8 Å². The monoisotopic (exact) mass is 292 g/mol. The van der Waals surface area contributed by atoms with Gasteiger partial charge < -0.3 is 5.32 Å². The lowest BCUT2D eigenvalue weighted by Crippen LogP contribution is -2.32. The van der Waals surface area contributed by atoms with Gasteiger partial charge in [0, 0.05) is 12.2 Å². The topological polar surface area (TPSA) is 49.4 Å². The average molecular weight is 292 g/mol. The van der Waals surface area contributed by atoms with E-state index in [1.165, 1.54) is 4.90 Å². The van der Waals surface area contributed by atoms with E-state index in [2.05, 4.69) is 5.32 Å². The summed E-state index contributed by atoms with van der Waals surface area (Å²) in [6.45, 7) is 2.53. The molecule has 0 spiro atoms. The largest absolute Gasteiger partial charge is 0.384 e. The van der Waals surface area contributed by atoms with Gasteiger partial charge in [0.15, 0.2) is 0 Å². The van der Waals surface area contributed by atoms with Crippen molar-refractivity contribution >= 4 is 23.2 Å². The van der Waals surface area contributed by atoms with Gasteiger partial charge in [0.05, 0.1) is 17.5 Å². The van der Waals surface area contributed by atoms with Gasteiger partial charge in [0.25, 0.3) is 0 Å². The summed E-state index contributed by atoms with van der Waals surface area (Å²) in [7, 11) is 0. The van der Waals surface area contributed by atoms with Crippen molar-refractivity contribution in [3.05, 3.63) is 59.7 Å². The Hall–Kier alpha value is -2.62. The van der Waals surface area contributed by atoms with Crippen LogP contribution in [0.2, 0.25) is 0 Å². The van der Waals surface area contributed by atoms with Gasteiger partial charge in [-0.1, -0.05) is 36.4 Å². The number of aryl methyl sites for hydroxylation is 1. The van der Waals surface area contributed by atoms with Crippen LogP contribution >= 0.6 is 0 Å². The second-order valence-electron chi connectivity index (χ2n) is 5.85. The van der Waals surface area contributed by atoms with Crippen LogP contribution < -0.4 is 10.2 Å². The number of nitrogens with zero attached hydrogens (tertiary/aromatic N) is 1. The van der Waals surface area contributed by atoms with Crippen LogP contribution in [0.1, 0.15) is 17.0 Å². The number of anilines is 2. The fraction of sp³-hybridized carbons (Fsp3) is 0.222. The molecule has 0 saturated carbocycles. The van der Waals surface area contributed by atoms with Crippen LogP contribution in [-0.4, -0.2) is 18.4 Å². The molecule has 0 bridgehead atoms. The smallest absolute Gasteiger partial charge is 0.242 e. The summed E-state index contributed by atoms with van der Waals surface area (Å²) < 4.78 is 0. The molecule has 2 aliphatic heterocycles. The van der Waals surface area contributed by atoms with Crippen LogP contribution in [0.4, 0.5) is 11.4 Å². The Balaban J connectivity index is 1.82. The van der Waals surface area contributed by atoms with Gasteiger partial charge in [-0.3, -0.25) is 9.59 Å². The zero-order chi connectivity index (χ0) is 15.3. The SMILES string of the molecule is Cc1cccc2c1NC[C@H]1C(=O)N(c3ccccc3)C(=O)[C@@H]21. The molecule has 1 saturated heterocycles. The zero-order valence-corrected chi connectivity index (χ0v) is 12.2. The molecule has 0 aromatic heterocycles. The van der Waals surface area contributed by atoms with Crippen LogP contribution in [0.15, 0.2) is 48.5 Å². The molecule has 0 aliphatic carbocycles. The fourth-order valence-corrected chi connectivity index (χ4v) is 3.52. The lowest BCUT2D eigenvalue weighted by molar-refractivity contribution is -0.122. The zero-order valence-electron chi connectivity index (χ0n) is 12.2. The first-order valence-electron chi connectivity index (χ1n) is 7.44. The van der Waals surface area contributed by atoms with Crippen molar-refractivity contribution in [1.82, 2.24) is 0 Å². The van der Waals surface area contributed by atoms with Crippen molar-refractivity contribution in [2.24, 2.45) is 5.92 Å². The van der Waals surface area contributed by atoms with E-state index >= 15 is 0 Å². The summed E-state index contributed by atoms with van der Waals surface area (Å²) in [6, 6.07) is 15.1. The number of hydrogen-bond donors (Lipinski definition) is 1. The Morgan fingerprint density at radius 3 is 2.55 bits per heavy atom. The molecule has 1 fully saturated rings. The number of para-hydroxylation sites is 2. The second-order valence-corrected chi connectivity index (χ2v) is 5.85. The molecule has 4 rings (SSSR count). The molecule has 4 heteroatoms. The lowest BCUT2D eigenvalue weighted by Gasteiger charge is -2.27. The van der Waals surface area contributed by atoms with E-state index in [4.69, 9.17) is 0 Å². The number of carbonyl (C=O) groups excluding carboxylic acids is 2. The van der Waals surface area contributed by atoms with E-state index in [9.17, 15) is 9.59 Å². The molecule has 2 heterocycles. The molecule has 2 aromatic carbocycles. The van der Waals surface area contributed by atoms with Gasteiger partial charge in [0.1, 0.15) is 0 Å². The van der Waals surface area contributed by atoms with E-state index in [0.29, 0.717) is 12.2 Å². The third-order valence-corrected chi connectivity index (χ3v) is 4.58. The maximum atomic E-state index is 12.9. The third kappa shape index (κ3) is 1.70. The van der Waals surface area contributed by atoms with Crippen LogP contribution in [0.25, 0.3) is 0 Å². The van der Waals surface area contributed by atoms with E-state index in [-0.39, 0.29) is 23.7 Å². The number of carbonyl (C=O) groups is 2. The highest BCUT2D eigenvalue weighted by Gasteiger charge is 2.51. The highest BCUT2D eigenvalue weighted by atomic mass is 16.2. The first-order chi connectivity index (χ1) is 10.7. The number of fused-ring (bicyclic) bond motifs is 3. The second kappa shape index (κ2) is 4.70. The molecular formula is C18H16N2O2. The van der Waals surface area contributed by atoms with Crippen molar-refractivity contribution in [1.29, 1.82) is 0 Å². The summed E-state index contributed by atoms with van der Waals surface area (Å²) in [5.41, 5.74) is 3.70. The predicted octanol–water partition coefficient (Wildman–Crippen LogP) is 2.69. The Morgan fingerprint density at radius 2 is 1.77 bits per heavy atom. The third-order valence-electron chi connectivity index (χ3n) is 4.58. The van der Waals surface area contributed by atoms with E-state index in [1.807, 2.05) is 43.3 Å². The molecule has 4 nitrogen and oxygen atoms in total. The van der Waals surface area contributed by atoms with Gasteiger partial charge in [0.2, 0.25) is 11.8 Å². The summed E-state index contributed by atoms with van der Waals surface area (Å²) in [4.78, 5) is 27.0. The van der Waals surface area contributed by atoms with Crippen LogP contribution in [0.5, 0.6) is 0 Å². The Labute approximate surface area is 128 Å². The molecule has 22 heavy (non-hydrogen) atoms. The molecule has 1 N–H and O–H groups in total. The number of amides is 2. The highest BCUT2D eigenvalue weighted by molar-refractivity contribution is 6.24. The number of hydrogen-bond acceptors (Lipinski definition) is 3. The number of benzene rings is 2.